The Morgan fingerprint density at radius 3 is 2.75 bits per heavy atom. The molecule has 0 aromatic carbocycles. The molecule has 1 aliphatic heterocycles. The molecule has 0 bridgehead atoms. The Kier molecular flexibility index (Phi) is 2.54. The van der Waals surface area contributed by atoms with E-state index in [-0.39, 0.29) is 18.6 Å². The first-order chi connectivity index (χ1) is 5.52. The Morgan fingerprint density at radius 2 is 2.25 bits per heavy atom. The van der Waals surface area contributed by atoms with E-state index in [4.69, 9.17) is 10.8 Å². The number of likely N-dealkylation sites (tertiary alicyclic amines) is 1. The van der Waals surface area contributed by atoms with E-state index in [1.54, 1.807) is 6.92 Å². The van der Waals surface area contributed by atoms with Gasteiger partial charge in [-0.05, 0) is 13.3 Å². The molecule has 0 spiro atoms. The summed E-state index contributed by atoms with van der Waals surface area (Å²) in [6, 6.07) is -0.392. The van der Waals surface area contributed by atoms with Gasteiger partial charge >= 0.3 is 6.09 Å². The van der Waals surface area contributed by atoms with Crippen molar-refractivity contribution in [1.29, 1.82) is 0 Å². The minimum atomic E-state index is -0.992. The van der Waals surface area contributed by atoms with E-state index in [0.717, 1.165) is 0 Å². The van der Waals surface area contributed by atoms with Crippen molar-refractivity contribution in [3.05, 3.63) is 0 Å². The number of carboxylic acid groups (broad SMARTS) is 1. The van der Waals surface area contributed by atoms with Gasteiger partial charge in [0.05, 0.1) is 12.6 Å². The van der Waals surface area contributed by atoms with Crippen LogP contribution in [-0.4, -0.2) is 45.9 Å². The Balaban J connectivity index is 2.61. The standard InChI is InChI=1S/C7H14N2O3/c1-4-2-5(8)6(10)3-9(4)7(11)12/h4-6,10H,2-3,8H2,1H3,(H,11,12). The van der Waals surface area contributed by atoms with Crippen molar-refractivity contribution < 1.29 is 15.0 Å². The van der Waals surface area contributed by atoms with Gasteiger partial charge in [-0.2, -0.15) is 0 Å². The summed E-state index contributed by atoms with van der Waals surface area (Å²) in [6.45, 7) is 1.91. The number of rotatable bonds is 0. The average Bonchev–Trinajstić information content (AvgIpc) is 1.96. The zero-order valence-corrected chi connectivity index (χ0v) is 6.97. The van der Waals surface area contributed by atoms with Gasteiger partial charge in [-0.3, -0.25) is 0 Å². The van der Waals surface area contributed by atoms with Gasteiger partial charge in [-0.25, -0.2) is 4.79 Å². The van der Waals surface area contributed by atoms with Crippen LogP contribution in [0.2, 0.25) is 0 Å². The highest BCUT2D eigenvalue weighted by Crippen LogP contribution is 2.16. The number of aliphatic hydroxyl groups is 1. The first kappa shape index (κ1) is 9.28. The van der Waals surface area contributed by atoms with E-state index in [0.29, 0.717) is 6.42 Å². The number of hydrogen-bond acceptors (Lipinski definition) is 3. The van der Waals surface area contributed by atoms with Gasteiger partial charge < -0.3 is 20.8 Å². The lowest BCUT2D eigenvalue weighted by molar-refractivity contribution is 0.0288. The molecular weight excluding hydrogens is 160 g/mol. The molecule has 1 amide bonds. The first-order valence-electron chi connectivity index (χ1n) is 3.95. The molecule has 70 valence electrons. The molecule has 1 saturated heterocycles. The minimum Gasteiger partial charge on any atom is -0.465 e. The monoisotopic (exact) mass is 174 g/mol. The summed E-state index contributed by atoms with van der Waals surface area (Å²) in [5.74, 6) is 0. The summed E-state index contributed by atoms with van der Waals surface area (Å²) in [7, 11) is 0. The molecule has 5 nitrogen and oxygen atoms in total. The molecule has 0 saturated carbocycles. The molecule has 0 aliphatic carbocycles. The molecule has 0 aromatic heterocycles. The maximum absolute atomic E-state index is 10.6. The van der Waals surface area contributed by atoms with Crippen molar-refractivity contribution in [1.82, 2.24) is 4.90 Å². The minimum absolute atomic E-state index is 0.0964. The Hall–Kier alpha value is -0.810. The number of piperidine rings is 1. The first-order valence-corrected chi connectivity index (χ1v) is 3.95. The molecule has 4 N–H and O–H groups in total. The van der Waals surface area contributed by atoms with Gasteiger partial charge in [0.15, 0.2) is 0 Å². The maximum atomic E-state index is 10.6. The van der Waals surface area contributed by atoms with Crippen LogP contribution in [0, 0.1) is 0 Å². The third kappa shape index (κ3) is 1.67. The summed E-state index contributed by atoms with van der Waals surface area (Å²) >= 11 is 0. The van der Waals surface area contributed by atoms with Crippen LogP contribution in [0.5, 0.6) is 0 Å². The number of aliphatic hydroxyl groups excluding tert-OH is 1. The Bertz CT molecular complexity index is 185. The molecule has 0 aromatic rings. The number of β-amino-alcohol motifs (C(OH)–C–C–N with tert-alkyl or cyclic N) is 1. The summed E-state index contributed by atoms with van der Waals surface area (Å²) in [5, 5.41) is 18.0. The third-order valence-electron chi connectivity index (χ3n) is 2.27. The van der Waals surface area contributed by atoms with Crippen molar-refractivity contribution in [3.63, 3.8) is 0 Å². The number of hydrogen-bond donors (Lipinski definition) is 3. The normalized spacial score (nSPS) is 36.6. The fourth-order valence-electron chi connectivity index (χ4n) is 1.46. The Morgan fingerprint density at radius 1 is 1.67 bits per heavy atom. The third-order valence-corrected chi connectivity index (χ3v) is 2.27. The van der Waals surface area contributed by atoms with E-state index in [9.17, 15) is 9.90 Å². The zero-order valence-electron chi connectivity index (χ0n) is 6.97. The summed E-state index contributed by atoms with van der Waals surface area (Å²) in [6.07, 6.45) is -1.20. The number of carbonyl (C=O) groups is 1. The molecule has 1 heterocycles. The molecule has 0 radical (unpaired) electrons. The van der Waals surface area contributed by atoms with Crippen molar-refractivity contribution in [3.8, 4) is 0 Å². The second-order valence-corrected chi connectivity index (χ2v) is 3.25. The number of amides is 1. The highest BCUT2D eigenvalue weighted by atomic mass is 16.4. The van der Waals surface area contributed by atoms with Gasteiger partial charge in [0.2, 0.25) is 0 Å². The molecule has 1 rings (SSSR count). The number of nitrogens with two attached hydrogens (primary N) is 1. The van der Waals surface area contributed by atoms with Crippen molar-refractivity contribution in [2.45, 2.75) is 31.5 Å². The van der Waals surface area contributed by atoms with Crippen LogP contribution in [0.4, 0.5) is 4.79 Å². The fourth-order valence-corrected chi connectivity index (χ4v) is 1.46. The topological polar surface area (TPSA) is 86.8 Å². The predicted octanol–water partition coefficient (Wildman–Crippen LogP) is -0.553. The summed E-state index contributed by atoms with van der Waals surface area (Å²) in [5.41, 5.74) is 5.56. The molecular formula is C7H14N2O3. The zero-order chi connectivity index (χ0) is 9.30. The molecule has 1 fully saturated rings. The molecule has 3 atom stereocenters. The number of nitrogens with zero attached hydrogens (tertiary/aromatic N) is 1. The molecule has 1 aliphatic rings. The lowest BCUT2D eigenvalue weighted by Gasteiger charge is -2.37. The smallest absolute Gasteiger partial charge is 0.407 e. The van der Waals surface area contributed by atoms with Gasteiger partial charge in [0.25, 0.3) is 0 Å². The van der Waals surface area contributed by atoms with Crippen LogP contribution in [0.1, 0.15) is 13.3 Å². The second kappa shape index (κ2) is 3.28. The van der Waals surface area contributed by atoms with Crippen LogP contribution < -0.4 is 5.73 Å². The molecule has 3 unspecified atom stereocenters. The second-order valence-electron chi connectivity index (χ2n) is 3.25. The lowest BCUT2D eigenvalue weighted by atomic mass is 9.97. The Labute approximate surface area is 70.8 Å². The van der Waals surface area contributed by atoms with Crippen LogP contribution in [0.3, 0.4) is 0 Å². The van der Waals surface area contributed by atoms with E-state index >= 15 is 0 Å². The maximum Gasteiger partial charge on any atom is 0.407 e. The SMILES string of the molecule is CC1CC(N)C(O)CN1C(=O)O. The van der Waals surface area contributed by atoms with Gasteiger partial charge in [-0.15, -0.1) is 0 Å². The van der Waals surface area contributed by atoms with Crippen molar-refractivity contribution in [2.24, 2.45) is 5.73 Å². The van der Waals surface area contributed by atoms with Gasteiger partial charge in [-0.1, -0.05) is 0 Å². The van der Waals surface area contributed by atoms with Gasteiger partial charge in [0.1, 0.15) is 0 Å². The average molecular weight is 174 g/mol. The van der Waals surface area contributed by atoms with Crippen molar-refractivity contribution >= 4 is 6.09 Å². The highest BCUT2D eigenvalue weighted by Gasteiger charge is 2.32. The van der Waals surface area contributed by atoms with Crippen LogP contribution in [0.25, 0.3) is 0 Å². The van der Waals surface area contributed by atoms with Gasteiger partial charge in [0, 0.05) is 12.1 Å². The predicted molar refractivity (Wildman–Crippen MR) is 42.8 cm³/mol. The van der Waals surface area contributed by atoms with Crippen LogP contribution >= 0.6 is 0 Å². The molecule has 5 heteroatoms. The van der Waals surface area contributed by atoms with E-state index in [1.165, 1.54) is 4.90 Å². The highest BCUT2D eigenvalue weighted by molar-refractivity contribution is 5.65. The summed E-state index contributed by atoms with van der Waals surface area (Å²) in [4.78, 5) is 11.8. The summed E-state index contributed by atoms with van der Waals surface area (Å²) < 4.78 is 0. The largest absolute Gasteiger partial charge is 0.465 e. The fraction of sp³-hybridized carbons (Fsp3) is 0.857. The van der Waals surface area contributed by atoms with E-state index in [2.05, 4.69) is 0 Å². The van der Waals surface area contributed by atoms with Crippen LogP contribution in [-0.2, 0) is 0 Å². The molecule has 12 heavy (non-hydrogen) atoms. The van der Waals surface area contributed by atoms with E-state index in [1.807, 2.05) is 0 Å². The lowest BCUT2D eigenvalue weighted by Crippen LogP contribution is -2.55. The quantitative estimate of drug-likeness (QED) is 0.459. The van der Waals surface area contributed by atoms with Crippen LogP contribution in [0.15, 0.2) is 0 Å². The van der Waals surface area contributed by atoms with E-state index < -0.39 is 12.2 Å². The van der Waals surface area contributed by atoms with Crippen molar-refractivity contribution in [2.75, 3.05) is 6.54 Å².